The Bertz CT molecular complexity index is 1430. The Balaban J connectivity index is 1.91. The second-order valence-corrected chi connectivity index (χ2v) is 9.28. The highest BCUT2D eigenvalue weighted by atomic mass is 16.5. The number of para-hydroxylation sites is 3. The first-order valence-corrected chi connectivity index (χ1v) is 13.1. The molecule has 1 heterocycles. The number of carbonyl (C=O) groups is 1. The molecule has 192 valence electrons. The van der Waals surface area contributed by atoms with E-state index >= 15 is 0 Å². The molecule has 1 amide bonds. The Hall–Kier alpha value is -3.93. The zero-order valence-corrected chi connectivity index (χ0v) is 22.1. The fraction of sp³-hybridized carbons (Fsp3) is 0.323. The summed E-state index contributed by atoms with van der Waals surface area (Å²) in [6, 6.07) is 22.0. The van der Waals surface area contributed by atoms with E-state index in [4.69, 9.17) is 9.72 Å². The average Bonchev–Trinajstić information content (AvgIpc) is 2.91. The summed E-state index contributed by atoms with van der Waals surface area (Å²) in [6.45, 7) is 9.04. The van der Waals surface area contributed by atoms with Crippen molar-refractivity contribution in [2.45, 2.75) is 53.0 Å². The third-order valence-electron chi connectivity index (χ3n) is 6.61. The third-order valence-corrected chi connectivity index (χ3v) is 6.61. The second kappa shape index (κ2) is 11.9. The van der Waals surface area contributed by atoms with Gasteiger partial charge in [0.15, 0.2) is 0 Å². The van der Waals surface area contributed by atoms with E-state index in [2.05, 4.69) is 6.92 Å². The Morgan fingerprint density at radius 2 is 1.68 bits per heavy atom. The van der Waals surface area contributed by atoms with Crippen LogP contribution in [-0.4, -0.2) is 33.5 Å². The molecule has 0 bridgehead atoms. The van der Waals surface area contributed by atoms with Gasteiger partial charge in [-0.25, -0.2) is 4.98 Å². The Kier molecular flexibility index (Phi) is 8.39. The number of fused-ring (bicyclic) bond motifs is 1. The van der Waals surface area contributed by atoms with Crippen molar-refractivity contribution in [3.05, 3.63) is 100 Å². The van der Waals surface area contributed by atoms with Gasteiger partial charge in [0, 0.05) is 12.1 Å². The fourth-order valence-electron chi connectivity index (χ4n) is 4.59. The molecule has 0 fully saturated rings. The second-order valence-electron chi connectivity index (χ2n) is 9.28. The summed E-state index contributed by atoms with van der Waals surface area (Å²) in [6.07, 6.45) is 2.92. The van der Waals surface area contributed by atoms with Gasteiger partial charge in [0.2, 0.25) is 0 Å². The summed E-state index contributed by atoms with van der Waals surface area (Å²) in [4.78, 5) is 34.6. The zero-order chi connectivity index (χ0) is 26.4. The molecule has 0 aliphatic heterocycles. The minimum atomic E-state index is -0.461. The van der Waals surface area contributed by atoms with Crippen LogP contribution in [0.4, 0.5) is 0 Å². The summed E-state index contributed by atoms with van der Waals surface area (Å²) in [5.41, 5.74) is 2.76. The number of amides is 1. The molecule has 0 saturated carbocycles. The van der Waals surface area contributed by atoms with Gasteiger partial charge in [-0.15, -0.1) is 0 Å². The van der Waals surface area contributed by atoms with Crippen molar-refractivity contribution in [1.29, 1.82) is 0 Å². The number of aromatic nitrogens is 2. The summed E-state index contributed by atoms with van der Waals surface area (Å²) < 4.78 is 7.51. The van der Waals surface area contributed by atoms with Crippen molar-refractivity contribution < 1.29 is 9.53 Å². The van der Waals surface area contributed by atoms with E-state index in [0.717, 1.165) is 24.8 Å². The minimum Gasteiger partial charge on any atom is -0.492 e. The lowest BCUT2D eigenvalue weighted by atomic mass is 10.1. The summed E-state index contributed by atoms with van der Waals surface area (Å²) in [5.74, 6) is 1.03. The van der Waals surface area contributed by atoms with Crippen molar-refractivity contribution in [2.75, 3.05) is 13.2 Å². The van der Waals surface area contributed by atoms with Crippen molar-refractivity contribution in [2.24, 2.45) is 0 Å². The molecule has 6 nitrogen and oxygen atoms in total. The molecule has 4 aromatic rings. The molecule has 0 saturated heterocycles. The smallest absolute Gasteiger partial charge is 0.266 e. The number of unbranched alkanes of at least 4 members (excludes halogenated alkanes) is 2. The van der Waals surface area contributed by atoms with Crippen LogP contribution in [0, 0.1) is 6.92 Å². The maximum atomic E-state index is 13.9. The monoisotopic (exact) mass is 497 g/mol. The van der Waals surface area contributed by atoms with Crippen LogP contribution >= 0.6 is 0 Å². The minimum absolute atomic E-state index is 0.0735. The van der Waals surface area contributed by atoms with Crippen LogP contribution in [0.2, 0.25) is 0 Å². The molecular formula is C31H35N3O3. The van der Waals surface area contributed by atoms with Crippen LogP contribution in [0.3, 0.4) is 0 Å². The van der Waals surface area contributed by atoms with E-state index in [1.54, 1.807) is 10.6 Å². The molecular weight excluding hydrogens is 462 g/mol. The Morgan fingerprint density at radius 1 is 0.973 bits per heavy atom. The van der Waals surface area contributed by atoms with Crippen LogP contribution in [-0.2, 0) is 0 Å². The standard InChI is InChI=1S/C31H35N3O3/c1-5-7-12-21-33(30(35)24-19-17-22(3)18-20-24)23(4)29-32-26-14-9-8-13-25(26)31(36)34(29)27-15-10-11-16-28(27)37-6-2/h8-11,13-20,23H,5-7,12,21H2,1-4H3. The van der Waals surface area contributed by atoms with Gasteiger partial charge in [-0.2, -0.15) is 0 Å². The molecule has 1 atom stereocenters. The normalized spacial score (nSPS) is 11.9. The van der Waals surface area contributed by atoms with E-state index in [-0.39, 0.29) is 11.5 Å². The third kappa shape index (κ3) is 5.58. The van der Waals surface area contributed by atoms with Crippen LogP contribution < -0.4 is 10.3 Å². The highest BCUT2D eigenvalue weighted by molar-refractivity contribution is 5.94. The largest absolute Gasteiger partial charge is 0.492 e. The highest BCUT2D eigenvalue weighted by Gasteiger charge is 2.28. The molecule has 0 aliphatic rings. The number of ether oxygens (including phenoxy) is 1. The van der Waals surface area contributed by atoms with Gasteiger partial charge in [-0.3, -0.25) is 14.2 Å². The topological polar surface area (TPSA) is 64.4 Å². The van der Waals surface area contributed by atoms with Crippen LogP contribution in [0.5, 0.6) is 5.75 Å². The lowest BCUT2D eigenvalue weighted by Gasteiger charge is -2.31. The lowest BCUT2D eigenvalue weighted by molar-refractivity contribution is 0.0677. The first-order valence-electron chi connectivity index (χ1n) is 13.1. The molecule has 3 aromatic carbocycles. The molecule has 37 heavy (non-hydrogen) atoms. The van der Waals surface area contributed by atoms with Gasteiger partial charge in [0.1, 0.15) is 11.6 Å². The summed E-state index contributed by atoms with van der Waals surface area (Å²) >= 11 is 0. The van der Waals surface area contributed by atoms with E-state index in [1.807, 2.05) is 92.4 Å². The molecule has 1 aromatic heterocycles. The molecule has 6 heteroatoms. The van der Waals surface area contributed by atoms with Gasteiger partial charge < -0.3 is 9.64 Å². The lowest BCUT2D eigenvalue weighted by Crippen LogP contribution is -2.38. The van der Waals surface area contributed by atoms with Gasteiger partial charge in [0.25, 0.3) is 11.5 Å². The van der Waals surface area contributed by atoms with Crippen molar-refractivity contribution in [3.63, 3.8) is 0 Å². The average molecular weight is 498 g/mol. The molecule has 1 unspecified atom stereocenters. The first-order chi connectivity index (χ1) is 18.0. The number of hydrogen-bond donors (Lipinski definition) is 0. The molecule has 0 radical (unpaired) electrons. The predicted molar refractivity (Wildman–Crippen MR) is 149 cm³/mol. The summed E-state index contributed by atoms with van der Waals surface area (Å²) in [7, 11) is 0. The maximum Gasteiger partial charge on any atom is 0.266 e. The number of hydrogen-bond acceptors (Lipinski definition) is 4. The summed E-state index contributed by atoms with van der Waals surface area (Å²) in [5, 5.41) is 0.521. The molecule has 4 rings (SSSR count). The zero-order valence-electron chi connectivity index (χ0n) is 22.1. The number of benzene rings is 3. The van der Waals surface area contributed by atoms with E-state index < -0.39 is 6.04 Å². The van der Waals surface area contributed by atoms with Crippen molar-refractivity contribution in [3.8, 4) is 11.4 Å². The van der Waals surface area contributed by atoms with Crippen molar-refractivity contribution in [1.82, 2.24) is 14.5 Å². The first kappa shape index (κ1) is 26.1. The van der Waals surface area contributed by atoms with E-state index in [0.29, 0.717) is 46.9 Å². The molecule has 0 N–H and O–H groups in total. The Morgan fingerprint density at radius 3 is 2.41 bits per heavy atom. The predicted octanol–water partition coefficient (Wildman–Crippen LogP) is 6.49. The van der Waals surface area contributed by atoms with E-state index in [9.17, 15) is 9.59 Å². The Labute approximate surface area is 218 Å². The number of aryl methyl sites for hydroxylation is 1. The molecule has 0 spiro atoms. The van der Waals surface area contributed by atoms with Gasteiger partial charge in [-0.1, -0.05) is 61.7 Å². The van der Waals surface area contributed by atoms with Crippen LogP contribution in [0.1, 0.15) is 67.8 Å². The van der Waals surface area contributed by atoms with Gasteiger partial charge >= 0.3 is 0 Å². The van der Waals surface area contributed by atoms with Crippen molar-refractivity contribution >= 4 is 16.8 Å². The fourth-order valence-corrected chi connectivity index (χ4v) is 4.59. The van der Waals surface area contributed by atoms with Gasteiger partial charge in [0.05, 0.1) is 29.2 Å². The highest BCUT2D eigenvalue weighted by Crippen LogP contribution is 2.29. The number of rotatable bonds is 10. The number of carbonyl (C=O) groups excluding carboxylic acids is 1. The quantitative estimate of drug-likeness (QED) is 0.235. The molecule has 0 aliphatic carbocycles. The maximum absolute atomic E-state index is 13.9. The van der Waals surface area contributed by atoms with Crippen LogP contribution in [0.15, 0.2) is 77.6 Å². The van der Waals surface area contributed by atoms with Gasteiger partial charge in [-0.05, 0) is 63.6 Å². The van der Waals surface area contributed by atoms with E-state index in [1.165, 1.54) is 0 Å². The van der Waals surface area contributed by atoms with Crippen LogP contribution in [0.25, 0.3) is 16.6 Å². The SMILES string of the molecule is CCCCCN(C(=O)c1ccc(C)cc1)C(C)c1nc2ccccc2c(=O)n1-c1ccccc1OCC. The number of nitrogens with zero attached hydrogens (tertiary/aromatic N) is 3.